The highest BCUT2D eigenvalue weighted by atomic mass is 16.5. The van der Waals surface area contributed by atoms with E-state index < -0.39 is 0 Å². The van der Waals surface area contributed by atoms with Crippen molar-refractivity contribution < 1.29 is 9.47 Å². The minimum Gasteiger partial charge on any atom is -0.381 e. The lowest BCUT2D eigenvalue weighted by Crippen LogP contribution is -2.61. The Labute approximate surface area is 123 Å². The number of ether oxygens (including phenoxy) is 2. The molecule has 2 fully saturated rings. The van der Waals surface area contributed by atoms with Crippen LogP contribution >= 0.6 is 0 Å². The monoisotopic (exact) mass is 284 g/mol. The third kappa shape index (κ3) is 3.35. The van der Waals surface area contributed by atoms with E-state index in [1.807, 2.05) is 0 Å². The Morgan fingerprint density at radius 2 is 1.95 bits per heavy atom. The molecule has 0 amide bonds. The first kappa shape index (κ1) is 16.2. The summed E-state index contributed by atoms with van der Waals surface area (Å²) in [6.45, 7) is 9.15. The van der Waals surface area contributed by atoms with Gasteiger partial charge in [0.2, 0.25) is 0 Å². The van der Waals surface area contributed by atoms with Gasteiger partial charge in [-0.25, -0.2) is 0 Å². The summed E-state index contributed by atoms with van der Waals surface area (Å²) < 4.78 is 11.8. The minimum atomic E-state index is -0.132. The van der Waals surface area contributed by atoms with Gasteiger partial charge in [-0.05, 0) is 37.5 Å². The summed E-state index contributed by atoms with van der Waals surface area (Å²) in [5.74, 6) is 8.20. The predicted molar refractivity (Wildman–Crippen MR) is 81.2 cm³/mol. The second-order valence-electron chi connectivity index (χ2n) is 6.78. The van der Waals surface area contributed by atoms with Crippen LogP contribution in [0.3, 0.4) is 0 Å². The predicted octanol–water partition coefficient (Wildman–Crippen LogP) is 2.48. The molecular formula is C16H32N2O2. The summed E-state index contributed by atoms with van der Waals surface area (Å²) in [5.41, 5.74) is 2.99. The zero-order chi connectivity index (χ0) is 14.6. The molecule has 4 nitrogen and oxygen atoms in total. The molecule has 0 aromatic carbocycles. The largest absolute Gasteiger partial charge is 0.381 e. The molecule has 0 aromatic heterocycles. The summed E-state index contributed by atoms with van der Waals surface area (Å²) in [6, 6.07) is 0.251. The molecule has 1 aliphatic heterocycles. The highest BCUT2D eigenvalue weighted by Gasteiger charge is 2.45. The van der Waals surface area contributed by atoms with Gasteiger partial charge in [-0.2, -0.15) is 0 Å². The van der Waals surface area contributed by atoms with Crippen molar-refractivity contribution in [2.24, 2.45) is 23.6 Å². The Balaban J connectivity index is 2.11. The highest BCUT2D eigenvalue weighted by Crippen LogP contribution is 2.41. The Bertz CT molecular complexity index is 287. The van der Waals surface area contributed by atoms with E-state index in [9.17, 15) is 0 Å². The van der Waals surface area contributed by atoms with Gasteiger partial charge >= 0.3 is 0 Å². The third-order valence-corrected chi connectivity index (χ3v) is 5.63. The maximum absolute atomic E-state index is 6.22. The van der Waals surface area contributed by atoms with Crippen LogP contribution in [0.2, 0.25) is 0 Å². The molecule has 2 rings (SSSR count). The molecule has 4 atom stereocenters. The van der Waals surface area contributed by atoms with E-state index in [1.165, 1.54) is 19.3 Å². The Hall–Kier alpha value is -0.160. The van der Waals surface area contributed by atoms with Crippen LogP contribution < -0.4 is 11.3 Å². The molecule has 0 aromatic rings. The molecular weight excluding hydrogens is 252 g/mol. The van der Waals surface area contributed by atoms with Crippen LogP contribution in [0.1, 0.15) is 52.9 Å². The molecule has 1 saturated heterocycles. The van der Waals surface area contributed by atoms with Crippen LogP contribution in [0.15, 0.2) is 0 Å². The van der Waals surface area contributed by atoms with Gasteiger partial charge in [-0.15, -0.1) is 0 Å². The number of nitrogens with one attached hydrogen (secondary N) is 1. The van der Waals surface area contributed by atoms with Crippen molar-refractivity contribution in [3.63, 3.8) is 0 Å². The topological polar surface area (TPSA) is 56.5 Å². The van der Waals surface area contributed by atoms with Crippen molar-refractivity contribution in [3.8, 4) is 0 Å². The molecule has 1 aliphatic carbocycles. The lowest BCUT2D eigenvalue weighted by molar-refractivity contribution is -0.140. The van der Waals surface area contributed by atoms with E-state index in [0.29, 0.717) is 5.92 Å². The quantitative estimate of drug-likeness (QED) is 0.601. The van der Waals surface area contributed by atoms with Gasteiger partial charge in [-0.3, -0.25) is 11.3 Å². The number of hydrogen-bond donors (Lipinski definition) is 2. The van der Waals surface area contributed by atoms with Crippen molar-refractivity contribution in [1.29, 1.82) is 0 Å². The summed E-state index contributed by atoms with van der Waals surface area (Å²) in [7, 11) is 0. The van der Waals surface area contributed by atoms with Crippen LogP contribution in [0.25, 0.3) is 0 Å². The van der Waals surface area contributed by atoms with Gasteiger partial charge in [0.05, 0.1) is 11.6 Å². The van der Waals surface area contributed by atoms with Gasteiger partial charge < -0.3 is 9.47 Å². The lowest BCUT2D eigenvalue weighted by atomic mass is 9.68. The number of nitrogens with two attached hydrogens (primary N) is 1. The number of hydrazine groups is 1. The molecule has 4 heteroatoms. The van der Waals surface area contributed by atoms with Crippen LogP contribution in [-0.2, 0) is 9.47 Å². The molecule has 0 bridgehead atoms. The second kappa shape index (κ2) is 7.21. The van der Waals surface area contributed by atoms with E-state index in [1.54, 1.807) is 0 Å². The average Bonchev–Trinajstić information content (AvgIpc) is 2.45. The molecule has 2 aliphatic rings. The van der Waals surface area contributed by atoms with Crippen molar-refractivity contribution in [2.75, 3.05) is 19.8 Å². The Kier molecular flexibility index (Phi) is 5.84. The summed E-state index contributed by atoms with van der Waals surface area (Å²) in [5, 5.41) is 0. The normalized spacial score (nSPS) is 35.7. The molecule has 1 saturated carbocycles. The molecule has 0 radical (unpaired) electrons. The van der Waals surface area contributed by atoms with Crippen molar-refractivity contribution >= 4 is 0 Å². The van der Waals surface area contributed by atoms with Crippen molar-refractivity contribution in [2.45, 2.75) is 64.5 Å². The fraction of sp³-hybridized carbons (Fsp3) is 1.00. The van der Waals surface area contributed by atoms with Crippen LogP contribution in [0.4, 0.5) is 0 Å². The SMILES string of the molecule is CCOC1(C(NN)C2CCC(C)C(C)C2)CCOCC1. The van der Waals surface area contributed by atoms with E-state index in [4.69, 9.17) is 15.3 Å². The zero-order valence-corrected chi connectivity index (χ0v) is 13.4. The molecule has 118 valence electrons. The molecule has 4 unspecified atom stereocenters. The van der Waals surface area contributed by atoms with Crippen LogP contribution in [-0.4, -0.2) is 31.5 Å². The molecule has 0 spiro atoms. The fourth-order valence-corrected chi connectivity index (χ4v) is 4.16. The van der Waals surface area contributed by atoms with Crippen LogP contribution in [0, 0.1) is 17.8 Å². The summed E-state index contributed by atoms with van der Waals surface area (Å²) in [4.78, 5) is 0. The maximum Gasteiger partial charge on any atom is 0.0894 e. The first-order valence-electron chi connectivity index (χ1n) is 8.30. The average molecular weight is 284 g/mol. The zero-order valence-electron chi connectivity index (χ0n) is 13.4. The van der Waals surface area contributed by atoms with Gasteiger partial charge in [0.1, 0.15) is 0 Å². The van der Waals surface area contributed by atoms with E-state index in [-0.39, 0.29) is 11.6 Å². The van der Waals surface area contributed by atoms with E-state index in [2.05, 4.69) is 26.2 Å². The first-order valence-corrected chi connectivity index (χ1v) is 8.30. The molecule has 1 heterocycles. The van der Waals surface area contributed by atoms with E-state index >= 15 is 0 Å². The lowest BCUT2D eigenvalue weighted by Gasteiger charge is -2.48. The highest BCUT2D eigenvalue weighted by molar-refractivity contribution is 4.99. The second-order valence-corrected chi connectivity index (χ2v) is 6.78. The third-order valence-electron chi connectivity index (χ3n) is 5.63. The van der Waals surface area contributed by atoms with Crippen molar-refractivity contribution in [1.82, 2.24) is 5.43 Å². The fourth-order valence-electron chi connectivity index (χ4n) is 4.16. The smallest absolute Gasteiger partial charge is 0.0894 e. The van der Waals surface area contributed by atoms with Gasteiger partial charge in [0, 0.05) is 32.7 Å². The molecule has 20 heavy (non-hydrogen) atoms. The molecule has 3 N–H and O–H groups in total. The van der Waals surface area contributed by atoms with Crippen molar-refractivity contribution in [3.05, 3.63) is 0 Å². The van der Waals surface area contributed by atoms with E-state index in [0.717, 1.165) is 44.5 Å². The standard InChI is InChI=1S/C16H32N2O2/c1-4-20-16(7-9-19-10-8-16)15(18-17)14-6-5-12(2)13(3)11-14/h12-15,18H,4-11,17H2,1-3H3. The first-order chi connectivity index (χ1) is 9.63. The maximum atomic E-state index is 6.22. The number of rotatable bonds is 5. The van der Waals surface area contributed by atoms with Gasteiger partial charge in [0.25, 0.3) is 0 Å². The summed E-state index contributed by atoms with van der Waals surface area (Å²) >= 11 is 0. The van der Waals surface area contributed by atoms with Gasteiger partial charge in [-0.1, -0.05) is 20.3 Å². The summed E-state index contributed by atoms with van der Waals surface area (Å²) in [6.07, 6.45) is 5.73. The Morgan fingerprint density at radius 1 is 1.25 bits per heavy atom. The van der Waals surface area contributed by atoms with Gasteiger partial charge in [0.15, 0.2) is 0 Å². The number of hydrogen-bond acceptors (Lipinski definition) is 4. The van der Waals surface area contributed by atoms with Crippen LogP contribution in [0.5, 0.6) is 0 Å². The Morgan fingerprint density at radius 3 is 2.50 bits per heavy atom. The minimum absolute atomic E-state index is 0.132.